The summed E-state index contributed by atoms with van der Waals surface area (Å²) in [5.74, 6) is -5.97. The van der Waals surface area contributed by atoms with Crippen LogP contribution in [-0.4, -0.2) is 58.3 Å². The van der Waals surface area contributed by atoms with Gasteiger partial charge in [0, 0.05) is 0 Å². The van der Waals surface area contributed by atoms with Crippen LogP contribution in [-0.2, 0) is 13.9 Å². The van der Waals surface area contributed by atoms with Crippen LogP contribution in [0.2, 0.25) is 0 Å². The molecule has 0 bridgehead atoms. The Labute approximate surface area is 155 Å². The lowest BCUT2D eigenvalue weighted by Crippen LogP contribution is -2.54. The molecular weight excluding hydrogens is 400 g/mol. The van der Waals surface area contributed by atoms with E-state index in [9.17, 15) is 43.7 Å². The molecule has 4 unspecified atom stereocenters. The number of carboxylic acid groups (broad SMARTS) is 1. The highest BCUT2D eigenvalue weighted by molar-refractivity contribution is 7.53. The first kappa shape index (κ1) is 23.4. The standard InChI is InChI=1S/C15H21NO9P2/c1-3-11(26(20,21)22)16(12(4-2)27(23,24)25)13(15(18)19)14(17)10-8-6-5-7-9-10/h3-9,11-14,17H,1-2H2,(H,18,19)(H2,20,21,22)(H2,23,24,25). The van der Waals surface area contributed by atoms with Gasteiger partial charge >= 0.3 is 21.2 Å². The zero-order chi connectivity index (χ0) is 21.0. The average molecular weight is 421 g/mol. The Bertz CT molecular complexity index is 739. The molecule has 0 aliphatic heterocycles. The molecule has 0 amide bonds. The Morgan fingerprint density at radius 2 is 1.37 bits per heavy atom. The molecule has 0 aliphatic rings. The Morgan fingerprint density at radius 3 is 1.67 bits per heavy atom. The van der Waals surface area contributed by atoms with Gasteiger partial charge in [-0.3, -0.25) is 18.8 Å². The monoisotopic (exact) mass is 421 g/mol. The molecule has 0 saturated carbocycles. The quantitative estimate of drug-likeness (QED) is 0.235. The van der Waals surface area contributed by atoms with Crippen LogP contribution < -0.4 is 0 Å². The summed E-state index contributed by atoms with van der Waals surface area (Å²) in [7, 11) is -10.3. The average Bonchev–Trinajstić information content (AvgIpc) is 2.53. The summed E-state index contributed by atoms with van der Waals surface area (Å²) in [4.78, 5) is 50.5. The van der Waals surface area contributed by atoms with E-state index in [0.717, 1.165) is 0 Å². The number of aliphatic hydroxyl groups excluding tert-OH is 1. The van der Waals surface area contributed by atoms with Crippen LogP contribution in [0.1, 0.15) is 11.7 Å². The number of nitrogens with zero attached hydrogens (tertiary/aromatic N) is 1. The van der Waals surface area contributed by atoms with Crippen LogP contribution in [0.3, 0.4) is 0 Å². The predicted molar refractivity (Wildman–Crippen MR) is 96.7 cm³/mol. The van der Waals surface area contributed by atoms with Gasteiger partial charge in [0.25, 0.3) is 0 Å². The fourth-order valence-corrected chi connectivity index (χ4v) is 4.53. The summed E-state index contributed by atoms with van der Waals surface area (Å²) in [6, 6.07) is 5.17. The second-order valence-electron chi connectivity index (χ2n) is 5.56. The third kappa shape index (κ3) is 5.68. The SMILES string of the molecule is C=CC(N(C(C(=O)O)C(O)c1ccccc1)C(C=C)P(=O)(O)O)P(=O)(O)O. The molecule has 1 aromatic carbocycles. The van der Waals surface area contributed by atoms with Crippen molar-refractivity contribution in [2.24, 2.45) is 0 Å². The number of hydrogen-bond acceptors (Lipinski definition) is 5. The van der Waals surface area contributed by atoms with Crippen molar-refractivity contribution in [1.82, 2.24) is 4.90 Å². The normalized spacial score (nSPS) is 17.0. The van der Waals surface area contributed by atoms with Crippen molar-refractivity contribution in [3.8, 4) is 0 Å². The van der Waals surface area contributed by atoms with E-state index in [1.165, 1.54) is 24.3 Å². The lowest BCUT2D eigenvalue weighted by atomic mass is 10.0. The Hall–Kier alpha value is -1.61. The highest BCUT2D eigenvalue weighted by atomic mass is 31.2. The molecule has 6 N–H and O–H groups in total. The van der Waals surface area contributed by atoms with E-state index >= 15 is 0 Å². The van der Waals surface area contributed by atoms with Gasteiger partial charge in [-0.1, -0.05) is 42.5 Å². The fraction of sp³-hybridized carbons (Fsp3) is 0.267. The van der Waals surface area contributed by atoms with Crippen LogP contribution >= 0.6 is 15.2 Å². The van der Waals surface area contributed by atoms with E-state index in [1.54, 1.807) is 6.07 Å². The highest BCUT2D eigenvalue weighted by Crippen LogP contribution is 2.52. The molecule has 0 heterocycles. The number of aliphatic hydroxyl groups is 1. The maximum Gasteiger partial charge on any atom is 0.346 e. The molecule has 4 atom stereocenters. The van der Waals surface area contributed by atoms with Gasteiger partial charge in [-0.05, 0) is 5.56 Å². The Morgan fingerprint density at radius 1 is 0.963 bits per heavy atom. The van der Waals surface area contributed by atoms with E-state index in [1.807, 2.05) is 0 Å². The Kier molecular flexibility index (Phi) is 7.86. The second kappa shape index (κ2) is 9.05. The molecule has 27 heavy (non-hydrogen) atoms. The van der Waals surface area contributed by atoms with Crippen molar-refractivity contribution in [3.63, 3.8) is 0 Å². The summed E-state index contributed by atoms with van der Waals surface area (Å²) in [5.41, 5.74) is 0.0666. The first-order chi connectivity index (χ1) is 12.4. The lowest BCUT2D eigenvalue weighted by Gasteiger charge is -2.40. The predicted octanol–water partition coefficient (Wildman–Crippen LogP) is 0.855. The fourth-order valence-electron chi connectivity index (χ4n) is 2.61. The maximum absolute atomic E-state index is 11.9. The van der Waals surface area contributed by atoms with Gasteiger partial charge in [0.05, 0.1) is 0 Å². The van der Waals surface area contributed by atoms with Crippen molar-refractivity contribution in [2.75, 3.05) is 0 Å². The first-order valence-corrected chi connectivity index (χ1v) is 10.8. The number of aliphatic carboxylic acids is 1. The largest absolute Gasteiger partial charge is 0.480 e. The van der Waals surface area contributed by atoms with E-state index in [2.05, 4.69) is 13.2 Å². The summed E-state index contributed by atoms with van der Waals surface area (Å²) in [6.45, 7) is 6.45. The Balaban J connectivity index is 3.68. The molecule has 0 fully saturated rings. The van der Waals surface area contributed by atoms with Gasteiger partial charge in [0.15, 0.2) is 0 Å². The van der Waals surface area contributed by atoms with Crippen LogP contribution in [0.15, 0.2) is 55.6 Å². The van der Waals surface area contributed by atoms with Crippen LogP contribution in [0.4, 0.5) is 0 Å². The minimum Gasteiger partial charge on any atom is -0.480 e. The molecule has 0 aliphatic carbocycles. The summed E-state index contributed by atoms with van der Waals surface area (Å²) < 4.78 is 23.7. The topological polar surface area (TPSA) is 176 Å². The number of benzene rings is 1. The van der Waals surface area contributed by atoms with Crippen LogP contribution in [0, 0.1) is 0 Å². The lowest BCUT2D eigenvalue weighted by molar-refractivity contribution is -0.148. The van der Waals surface area contributed by atoms with Crippen molar-refractivity contribution in [2.45, 2.75) is 23.7 Å². The number of carbonyl (C=O) groups is 1. The second-order valence-corrected chi connectivity index (χ2v) is 8.98. The summed E-state index contributed by atoms with van der Waals surface area (Å²) >= 11 is 0. The molecule has 0 spiro atoms. The highest BCUT2D eigenvalue weighted by Gasteiger charge is 2.49. The van der Waals surface area contributed by atoms with Crippen molar-refractivity contribution < 1.29 is 43.7 Å². The van der Waals surface area contributed by atoms with Crippen LogP contribution in [0.25, 0.3) is 0 Å². The summed E-state index contributed by atoms with van der Waals surface area (Å²) in [5, 5.41) is 20.2. The van der Waals surface area contributed by atoms with Gasteiger partial charge < -0.3 is 29.8 Å². The van der Waals surface area contributed by atoms with Crippen molar-refractivity contribution in [3.05, 3.63) is 61.2 Å². The molecule has 1 aromatic rings. The maximum atomic E-state index is 11.9. The first-order valence-electron chi connectivity index (χ1n) is 7.45. The zero-order valence-electron chi connectivity index (χ0n) is 14.0. The minimum atomic E-state index is -5.15. The van der Waals surface area contributed by atoms with E-state index in [-0.39, 0.29) is 5.56 Å². The van der Waals surface area contributed by atoms with Gasteiger partial charge in [0.2, 0.25) is 0 Å². The molecule has 10 nitrogen and oxygen atoms in total. The van der Waals surface area contributed by atoms with Crippen molar-refractivity contribution >= 4 is 21.2 Å². The van der Waals surface area contributed by atoms with E-state index in [0.29, 0.717) is 17.1 Å². The van der Waals surface area contributed by atoms with Gasteiger partial charge in [-0.2, -0.15) is 0 Å². The number of carboxylic acids is 1. The van der Waals surface area contributed by atoms with Gasteiger partial charge in [-0.15, -0.1) is 13.2 Å². The zero-order valence-corrected chi connectivity index (χ0v) is 15.8. The third-order valence-electron chi connectivity index (χ3n) is 3.74. The smallest absolute Gasteiger partial charge is 0.346 e. The van der Waals surface area contributed by atoms with E-state index < -0.39 is 44.9 Å². The molecule has 12 heteroatoms. The molecule has 1 rings (SSSR count). The molecule has 0 saturated heterocycles. The molecule has 150 valence electrons. The number of hydrogen-bond donors (Lipinski definition) is 6. The third-order valence-corrected chi connectivity index (χ3v) is 6.07. The van der Waals surface area contributed by atoms with E-state index in [4.69, 9.17) is 0 Å². The van der Waals surface area contributed by atoms with Gasteiger partial charge in [0.1, 0.15) is 23.7 Å². The summed E-state index contributed by atoms with van der Waals surface area (Å²) in [6.07, 6.45) is -0.534. The number of rotatable bonds is 10. The van der Waals surface area contributed by atoms with Crippen molar-refractivity contribution in [1.29, 1.82) is 0 Å². The molecule has 0 radical (unpaired) electrons. The van der Waals surface area contributed by atoms with Crippen LogP contribution in [0.5, 0.6) is 0 Å². The molecular formula is C15H21NO9P2. The minimum absolute atomic E-state index is 0.0666. The molecule has 0 aromatic heterocycles. The van der Waals surface area contributed by atoms with Gasteiger partial charge in [-0.25, -0.2) is 0 Å².